The van der Waals surface area contributed by atoms with Crippen LogP contribution in [0, 0.1) is 6.92 Å². The molecule has 1 saturated heterocycles. The summed E-state index contributed by atoms with van der Waals surface area (Å²) >= 11 is 9.64. The molecule has 1 aromatic rings. The van der Waals surface area contributed by atoms with Gasteiger partial charge < -0.3 is 10.1 Å². The zero-order chi connectivity index (χ0) is 15.9. The predicted octanol–water partition coefficient (Wildman–Crippen LogP) is 3.37. The van der Waals surface area contributed by atoms with Gasteiger partial charge in [0.2, 0.25) is 0 Å². The number of carbonyl (C=O) groups is 2. The summed E-state index contributed by atoms with van der Waals surface area (Å²) in [5.74, 6) is 2.49. The fraction of sp³-hybridized carbons (Fsp3) is 0.467. The monoisotopic (exact) mass is 359 g/mol. The van der Waals surface area contributed by atoms with Gasteiger partial charge >= 0.3 is 5.97 Å². The van der Waals surface area contributed by atoms with Crippen molar-refractivity contribution >= 4 is 52.7 Å². The average molecular weight is 360 g/mol. The lowest BCUT2D eigenvalue weighted by Gasteiger charge is -2.19. The van der Waals surface area contributed by atoms with Crippen LogP contribution in [0.2, 0.25) is 5.02 Å². The van der Waals surface area contributed by atoms with Crippen molar-refractivity contribution in [1.82, 2.24) is 0 Å². The van der Waals surface area contributed by atoms with Crippen molar-refractivity contribution in [3.63, 3.8) is 0 Å². The molecule has 1 aliphatic rings. The van der Waals surface area contributed by atoms with Crippen molar-refractivity contribution < 1.29 is 14.3 Å². The predicted molar refractivity (Wildman–Crippen MR) is 94.0 cm³/mol. The molecule has 1 fully saturated rings. The molecule has 1 amide bonds. The highest BCUT2D eigenvalue weighted by Crippen LogP contribution is 2.26. The van der Waals surface area contributed by atoms with E-state index in [1.165, 1.54) is 0 Å². The number of rotatable bonds is 5. The Morgan fingerprint density at radius 2 is 2.23 bits per heavy atom. The minimum absolute atomic E-state index is 0.269. The molecule has 7 heteroatoms. The third-order valence-electron chi connectivity index (χ3n) is 3.19. The minimum Gasteiger partial charge on any atom is -0.456 e. The molecule has 0 aliphatic carbocycles. The van der Waals surface area contributed by atoms with Crippen LogP contribution in [0.15, 0.2) is 18.2 Å². The SMILES string of the molecule is Cc1c(Cl)cccc1NC(=O)COC(=O)C[C@H]1CSCCS1. The van der Waals surface area contributed by atoms with Crippen LogP contribution in [-0.2, 0) is 14.3 Å². The van der Waals surface area contributed by atoms with Gasteiger partial charge in [0.15, 0.2) is 6.61 Å². The number of benzene rings is 1. The maximum Gasteiger partial charge on any atom is 0.307 e. The largest absolute Gasteiger partial charge is 0.456 e. The van der Waals surface area contributed by atoms with Gasteiger partial charge in [-0.3, -0.25) is 9.59 Å². The Morgan fingerprint density at radius 3 is 2.95 bits per heavy atom. The average Bonchev–Trinajstić information content (AvgIpc) is 2.51. The van der Waals surface area contributed by atoms with Crippen molar-refractivity contribution in [2.45, 2.75) is 18.6 Å². The van der Waals surface area contributed by atoms with Gasteiger partial charge in [0.25, 0.3) is 5.91 Å². The molecular formula is C15H18ClNO3S2. The second-order valence-electron chi connectivity index (χ2n) is 4.89. The smallest absolute Gasteiger partial charge is 0.307 e. The Hall–Kier alpha value is -0.850. The summed E-state index contributed by atoms with van der Waals surface area (Å²) in [6, 6.07) is 5.28. The van der Waals surface area contributed by atoms with Crippen molar-refractivity contribution in [3.8, 4) is 0 Å². The summed E-state index contributed by atoms with van der Waals surface area (Å²) in [7, 11) is 0. The standard InChI is InChI=1S/C15H18ClNO3S2/c1-10-12(16)3-2-4-13(10)17-14(18)8-20-15(19)7-11-9-21-5-6-22-11/h2-4,11H,5-9H2,1H3,(H,17,18)/t11-/m0/s1. The number of nitrogens with one attached hydrogen (secondary N) is 1. The first-order chi connectivity index (χ1) is 10.6. The lowest BCUT2D eigenvalue weighted by atomic mass is 10.2. The Balaban J connectivity index is 1.75. The lowest BCUT2D eigenvalue weighted by Crippen LogP contribution is -2.24. The normalized spacial score (nSPS) is 17.8. The summed E-state index contributed by atoms with van der Waals surface area (Å²) in [5.41, 5.74) is 1.42. The van der Waals surface area contributed by atoms with Crippen molar-refractivity contribution in [2.75, 3.05) is 29.2 Å². The summed E-state index contributed by atoms with van der Waals surface area (Å²) in [6.07, 6.45) is 0.362. The molecule has 22 heavy (non-hydrogen) atoms. The van der Waals surface area contributed by atoms with E-state index in [-0.39, 0.29) is 18.5 Å². The Labute approximate surface area is 143 Å². The molecule has 1 aliphatic heterocycles. The van der Waals surface area contributed by atoms with E-state index in [0.717, 1.165) is 22.8 Å². The van der Waals surface area contributed by atoms with Crippen LogP contribution in [0.3, 0.4) is 0 Å². The number of hydrogen-bond donors (Lipinski definition) is 1. The second kappa shape index (κ2) is 8.70. The highest BCUT2D eigenvalue weighted by Gasteiger charge is 2.19. The van der Waals surface area contributed by atoms with Crippen molar-refractivity contribution in [1.29, 1.82) is 0 Å². The Kier molecular flexibility index (Phi) is 6.92. The highest BCUT2D eigenvalue weighted by atomic mass is 35.5. The van der Waals surface area contributed by atoms with E-state index in [9.17, 15) is 9.59 Å². The van der Waals surface area contributed by atoms with Gasteiger partial charge in [0.1, 0.15) is 0 Å². The van der Waals surface area contributed by atoms with E-state index in [1.807, 2.05) is 18.7 Å². The summed E-state index contributed by atoms with van der Waals surface area (Å²) in [6.45, 7) is 1.55. The number of esters is 1. The van der Waals surface area contributed by atoms with Gasteiger partial charge in [-0.05, 0) is 24.6 Å². The third kappa shape index (κ3) is 5.41. The van der Waals surface area contributed by atoms with Crippen LogP contribution in [0.25, 0.3) is 0 Å². The Bertz CT molecular complexity index is 548. The van der Waals surface area contributed by atoms with Crippen LogP contribution in [-0.4, -0.2) is 41.0 Å². The van der Waals surface area contributed by atoms with Gasteiger partial charge in [-0.25, -0.2) is 0 Å². The van der Waals surface area contributed by atoms with Gasteiger partial charge in [-0.2, -0.15) is 23.5 Å². The van der Waals surface area contributed by atoms with Gasteiger partial charge in [-0.1, -0.05) is 17.7 Å². The summed E-state index contributed by atoms with van der Waals surface area (Å²) in [4.78, 5) is 23.6. The number of hydrogen-bond acceptors (Lipinski definition) is 5. The van der Waals surface area contributed by atoms with Gasteiger partial charge in [0, 0.05) is 33.2 Å². The quantitative estimate of drug-likeness (QED) is 0.817. The topological polar surface area (TPSA) is 55.4 Å². The number of carbonyl (C=O) groups excluding carboxylic acids is 2. The van der Waals surface area contributed by atoms with E-state index >= 15 is 0 Å². The fourth-order valence-electron chi connectivity index (χ4n) is 1.97. The molecule has 0 spiro atoms. The maximum atomic E-state index is 11.8. The number of halogens is 1. The molecule has 1 atom stereocenters. The summed E-state index contributed by atoms with van der Waals surface area (Å²) < 4.78 is 5.04. The number of amides is 1. The van der Waals surface area contributed by atoms with Crippen LogP contribution in [0.5, 0.6) is 0 Å². The van der Waals surface area contributed by atoms with Crippen LogP contribution in [0.1, 0.15) is 12.0 Å². The highest BCUT2D eigenvalue weighted by molar-refractivity contribution is 8.06. The van der Waals surface area contributed by atoms with Crippen LogP contribution in [0.4, 0.5) is 5.69 Å². The molecule has 0 radical (unpaired) electrons. The molecule has 0 bridgehead atoms. The number of ether oxygens (including phenoxy) is 1. The number of anilines is 1. The fourth-order valence-corrected chi connectivity index (χ4v) is 4.81. The third-order valence-corrected chi connectivity index (χ3v) is 6.44. The zero-order valence-electron chi connectivity index (χ0n) is 12.3. The molecule has 0 unspecified atom stereocenters. The molecule has 1 aromatic carbocycles. The first kappa shape index (κ1) is 17.5. The van der Waals surface area contributed by atoms with Gasteiger partial charge in [-0.15, -0.1) is 0 Å². The molecular weight excluding hydrogens is 342 g/mol. The molecule has 0 aromatic heterocycles. The molecule has 1 heterocycles. The van der Waals surface area contributed by atoms with E-state index in [1.54, 1.807) is 30.0 Å². The first-order valence-corrected chi connectivity index (χ1v) is 9.54. The number of thioether (sulfide) groups is 2. The Morgan fingerprint density at radius 1 is 1.41 bits per heavy atom. The zero-order valence-corrected chi connectivity index (χ0v) is 14.7. The molecule has 4 nitrogen and oxygen atoms in total. The van der Waals surface area contributed by atoms with Crippen molar-refractivity contribution in [3.05, 3.63) is 28.8 Å². The van der Waals surface area contributed by atoms with Crippen LogP contribution >= 0.6 is 35.1 Å². The van der Waals surface area contributed by atoms with E-state index in [0.29, 0.717) is 22.4 Å². The lowest BCUT2D eigenvalue weighted by molar-refractivity contribution is -0.147. The van der Waals surface area contributed by atoms with Crippen LogP contribution < -0.4 is 5.32 Å². The van der Waals surface area contributed by atoms with Crippen molar-refractivity contribution in [2.24, 2.45) is 0 Å². The van der Waals surface area contributed by atoms with Gasteiger partial charge in [0.05, 0.1) is 6.42 Å². The van der Waals surface area contributed by atoms with E-state index in [4.69, 9.17) is 16.3 Å². The maximum absolute atomic E-state index is 11.8. The minimum atomic E-state index is -0.357. The molecule has 0 saturated carbocycles. The molecule has 120 valence electrons. The molecule has 1 N–H and O–H groups in total. The molecule has 2 rings (SSSR count). The van der Waals surface area contributed by atoms with E-state index < -0.39 is 0 Å². The second-order valence-corrected chi connectivity index (χ2v) is 7.86. The summed E-state index contributed by atoms with van der Waals surface area (Å²) in [5, 5.41) is 3.58. The van der Waals surface area contributed by atoms with E-state index in [2.05, 4.69) is 5.32 Å². The first-order valence-electron chi connectivity index (χ1n) is 6.96.